The fourth-order valence-electron chi connectivity index (χ4n) is 1.60. The molecule has 1 saturated heterocycles. The Morgan fingerprint density at radius 1 is 1.60 bits per heavy atom. The molecule has 0 radical (unpaired) electrons. The summed E-state index contributed by atoms with van der Waals surface area (Å²) in [6.45, 7) is 1.58. The first-order valence-electron chi connectivity index (χ1n) is 4.63. The molecule has 3 unspecified atom stereocenters. The highest BCUT2D eigenvalue weighted by Gasteiger charge is 2.34. The van der Waals surface area contributed by atoms with Gasteiger partial charge in [-0.15, -0.1) is 0 Å². The van der Waals surface area contributed by atoms with E-state index in [4.69, 9.17) is 5.11 Å². The number of carboxylic acids is 1. The van der Waals surface area contributed by atoms with Gasteiger partial charge in [0.1, 0.15) is 0 Å². The predicted octanol–water partition coefficient (Wildman–Crippen LogP) is -0.215. The van der Waals surface area contributed by atoms with Gasteiger partial charge in [0, 0.05) is 21.3 Å². The topological polar surface area (TPSA) is 88.5 Å². The van der Waals surface area contributed by atoms with Gasteiger partial charge in [-0.3, -0.25) is 9.00 Å². The van der Waals surface area contributed by atoms with E-state index in [-0.39, 0.29) is 23.2 Å². The van der Waals surface area contributed by atoms with Crippen molar-refractivity contribution in [3.05, 3.63) is 0 Å². The summed E-state index contributed by atoms with van der Waals surface area (Å²) in [4.78, 5) is 10.4. The molecule has 0 aliphatic carbocycles. The van der Waals surface area contributed by atoms with Crippen molar-refractivity contribution >= 4 is 26.6 Å². The first kappa shape index (κ1) is 12.6. The van der Waals surface area contributed by atoms with Gasteiger partial charge < -0.3 is 5.11 Å². The minimum absolute atomic E-state index is 0.0659. The average Bonchev–Trinajstić information content (AvgIpc) is 2.43. The first-order chi connectivity index (χ1) is 6.82. The van der Waals surface area contributed by atoms with Gasteiger partial charge in [-0.2, -0.15) is 0 Å². The summed E-state index contributed by atoms with van der Waals surface area (Å²) in [6.07, 6.45) is 0.210. The Bertz CT molecular complexity index is 372. The van der Waals surface area contributed by atoms with Gasteiger partial charge in [0.25, 0.3) is 0 Å². The minimum atomic E-state index is -3.04. The van der Waals surface area contributed by atoms with Crippen LogP contribution in [0.4, 0.5) is 0 Å². The largest absolute Gasteiger partial charge is 0.481 e. The zero-order chi connectivity index (χ0) is 11.6. The van der Waals surface area contributed by atoms with Crippen molar-refractivity contribution < 1.29 is 22.5 Å². The Hall–Kier alpha value is -0.430. The molecule has 5 nitrogen and oxygen atoms in total. The van der Waals surface area contributed by atoms with Crippen molar-refractivity contribution in [3.8, 4) is 0 Å². The molecular weight excluding hydrogens is 240 g/mol. The molecule has 0 aromatic heterocycles. The van der Waals surface area contributed by atoms with E-state index in [0.717, 1.165) is 0 Å². The summed E-state index contributed by atoms with van der Waals surface area (Å²) in [6, 6.07) is 0. The first-order valence-corrected chi connectivity index (χ1v) is 7.73. The van der Waals surface area contributed by atoms with Gasteiger partial charge in [0.15, 0.2) is 9.84 Å². The highest BCUT2D eigenvalue weighted by molar-refractivity contribution is 7.94. The van der Waals surface area contributed by atoms with Crippen LogP contribution in [0.2, 0.25) is 0 Å². The highest BCUT2D eigenvalue weighted by Crippen LogP contribution is 2.20. The van der Waals surface area contributed by atoms with E-state index in [1.54, 1.807) is 6.92 Å². The van der Waals surface area contributed by atoms with E-state index in [0.29, 0.717) is 6.42 Å². The molecule has 1 aliphatic rings. The van der Waals surface area contributed by atoms with Crippen LogP contribution in [-0.4, -0.2) is 45.7 Å². The summed E-state index contributed by atoms with van der Waals surface area (Å²) in [5.74, 6) is -0.996. The number of carboxylic acid groups (broad SMARTS) is 1. The van der Waals surface area contributed by atoms with Crippen LogP contribution in [0, 0.1) is 0 Å². The van der Waals surface area contributed by atoms with Crippen LogP contribution >= 0.6 is 0 Å². The maximum Gasteiger partial charge on any atom is 0.304 e. The van der Waals surface area contributed by atoms with E-state index in [1.807, 2.05) is 0 Å². The number of aliphatic carboxylic acids is 1. The molecule has 1 fully saturated rings. The third kappa shape index (κ3) is 3.57. The van der Waals surface area contributed by atoms with Crippen molar-refractivity contribution in [1.29, 1.82) is 0 Å². The lowest BCUT2D eigenvalue weighted by Gasteiger charge is -2.13. The maximum absolute atomic E-state index is 11.8. The quantitative estimate of drug-likeness (QED) is 0.749. The highest BCUT2D eigenvalue weighted by atomic mass is 32.2. The van der Waals surface area contributed by atoms with Crippen molar-refractivity contribution in [2.24, 2.45) is 0 Å². The average molecular weight is 254 g/mol. The molecule has 1 rings (SSSR count). The second kappa shape index (κ2) is 4.61. The van der Waals surface area contributed by atoms with Crippen molar-refractivity contribution in [3.63, 3.8) is 0 Å². The van der Waals surface area contributed by atoms with Gasteiger partial charge in [-0.05, 0) is 6.42 Å². The van der Waals surface area contributed by atoms with Crippen LogP contribution in [-0.2, 0) is 25.4 Å². The molecule has 0 spiro atoms. The van der Waals surface area contributed by atoms with Crippen molar-refractivity contribution in [2.75, 3.05) is 11.5 Å². The van der Waals surface area contributed by atoms with Gasteiger partial charge in [-0.1, -0.05) is 6.92 Å². The van der Waals surface area contributed by atoms with E-state index in [1.165, 1.54) is 0 Å². The van der Waals surface area contributed by atoms with Crippen molar-refractivity contribution in [2.45, 2.75) is 30.3 Å². The summed E-state index contributed by atoms with van der Waals surface area (Å²) in [5, 5.41) is 7.66. The Balaban J connectivity index is 2.59. The van der Waals surface area contributed by atoms with Gasteiger partial charge in [-0.25, -0.2) is 8.42 Å². The SMILES string of the molecule is CC(CC(=O)O)S(=O)C1CCS(=O)(=O)C1. The molecule has 0 bridgehead atoms. The summed E-state index contributed by atoms with van der Waals surface area (Å²) >= 11 is 0. The molecule has 15 heavy (non-hydrogen) atoms. The standard InChI is InChI=1S/C8H14O5S2/c1-6(4-8(9)10)14(11)7-2-3-15(12,13)5-7/h6-7H,2-5H2,1H3,(H,9,10). The Morgan fingerprint density at radius 2 is 2.20 bits per heavy atom. The third-order valence-corrected chi connectivity index (χ3v) is 6.38. The van der Waals surface area contributed by atoms with E-state index >= 15 is 0 Å². The van der Waals surface area contributed by atoms with E-state index < -0.39 is 31.9 Å². The molecule has 7 heteroatoms. The second-order valence-electron chi connectivity index (χ2n) is 3.76. The minimum Gasteiger partial charge on any atom is -0.481 e. The molecule has 1 aliphatic heterocycles. The lowest BCUT2D eigenvalue weighted by molar-refractivity contribution is -0.136. The van der Waals surface area contributed by atoms with Crippen LogP contribution < -0.4 is 0 Å². The van der Waals surface area contributed by atoms with Crippen LogP contribution in [0.5, 0.6) is 0 Å². The van der Waals surface area contributed by atoms with Crippen LogP contribution in [0.1, 0.15) is 19.8 Å². The molecular formula is C8H14O5S2. The number of carbonyl (C=O) groups is 1. The molecule has 1 heterocycles. The van der Waals surface area contributed by atoms with Crippen molar-refractivity contribution in [1.82, 2.24) is 0 Å². The Kier molecular flexibility index (Phi) is 3.88. The van der Waals surface area contributed by atoms with Crippen LogP contribution in [0.15, 0.2) is 0 Å². The van der Waals surface area contributed by atoms with Crippen LogP contribution in [0.3, 0.4) is 0 Å². The van der Waals surface area contributed by atoms with Crippen LogP contribution in [0.25, 0.3) is 0 Å². The lowest BCUT2D eigenvalue weighted by atomic mass is 10.3. The van der Waals surface area contributed by atoms with E-state index in [9.17, 15) is 17.4 Å². The van der Waals surface area contributed by atoms with E-state index in [2.05, 4.69) is 0 Å². The molecule has 0 aromatic rings. The number of hydrogen-bond acceptors (Lipinski definition) is 4. The van der Waals surface area contributed by atoms with Gasteiger partial charge >= 0.3 is 5.97 Å². The maximum atomic E-state index is 11.8. The number of rotatable bonds is 4. The molecule has 88 valence electrons. The smallest absolute Gasteiger partial charge is 0.304 e. The lowest BCUT2D eigenvalue weighted by Crippen LogP contribution is -2.26. The zero-order valence-electron chi connectivity index (χ0n) is 8.38. The summed E-state index contributed by atoms with van der Waals surface area (Å²) in [5.41, 5.74) is 0. The Labute approximate surface area is 91.2 Å². The second-order valence-corrected chi connectivity index (χ2v) is 8.12. The molecule has 3 atom stereocenters. The van der Waals surface area contributed by atoms with Gasteiger partial charge in [0.05, 0.1) is 17.9 Å². The summed E-state index contributed by atoms with van der Waals surface area (Å²) < 4.78 is 34.0. The van der Waals surface area contributed by atoms with Gasteiger partial charge in [0.2, 0.25) is 0 Å². The summed E-state index contributed by atoms with van der Waals surface area (Å²) in [7, 11) is -4.41. The number of sulfone groups is 1. The number of hydrogen-bond donors (Lipinski definition) is 1. The zero-order valence-corrected chi connectivity index (χ0v) is 10.0. The molecule has 1 N–H and O–H groups in total. The Morgan fingerprint density at radius 3 is 2.60 bits per heavy atom. The fourth-order valence-corrected chi connectivity index (χ4v) is 5.77. The predicted molar refractivity (Wildman–Crippen MR) is 56.9 cm³/mol. The third-order valence-electron chi connectivity index (χ3n) is 2.38. The fraction of sp³-hybridized carbons (Fsp3) is 0.875. The normalized spacial score (nSPS) is 28.5. The molecule has 0 aromatic carbocycles. The molecule has 0 amide bonds. The monoisotopic (exact) mass is 254 g/mol. The molecule has 0 saturated carbocycles.